The summed E-state index contributed by atoms with van der Waals surface area (Å²) in [5.41, 5.74) is 1.09. The number of hydrogen-bond donors (Lipinski definition) is 1. The first-order valence-corrected chi connectivity index (χ1v) is 7.75. The first-order valence-electron chi connectivity index (χ1n) is 6.80. The van der Waals surface area contributed by atoms with Crippen LogP contribution in [0.25, 0.3) is 0 Å². The lowest BCUT2D eigenvalue weighted by molar-refractivity contribution is -0.130. The summed E-state index contributed by atoms with van der Waals surface area (Å²) in [5, 5.41) is 7.07. The van der Waals surface area contributed by atoms with E-state index in [1.54, 1.807) is 11.3 Å². The van der Waals surface area contributed by atoms with E-state index in [2.05, 4.69) is 5.32 Å². The molecule has 0 aromatic carbocycles. The molecule has 2 amide bonds. The molecular formula is C14H18N2O2S. The third-order valence-electron chi connectivity index (χ3n) is 4.05. The Morgan fingerprint density at radius 1 is 1.47 bits per heavy atom. The van der Waals surface area contributed by atoms with Gasteiger partial charge in [-0.15, -0.1) is 0 Å². The molecule has 19 heavy (non-hydrogen) atoms. The van der Waals surface area contributed by atoms with Crippen molar-refractivity contribution in [2.24, 2.45) is 5.92 Å². The fourth-order valence-corrected chi connectivity index (χ4v) is 3.68. The van der Waals surface area contributed by atoms with Gasteiger partial charge in [0.25, 0.3) is 0 Å². The Morgan fingerprint density at radius 2 is 2.37 bits per heavy atom. The van der Waals surface area contributed by atoms with Crippen LogP contribution in [0, 0.1) is 5.92 Å². The number of likely N-dealkylation sites (tertiary alicyclic amines) is 1. The number of nitrogens with zero attached hydrogens (tertiary/aromatic N) is 1. The molecule has 0 spiro atoms. The summed E-state index contributed by atoms with van der Waals surface area (Å²) in [6, 6.07) is 2.17. The maximum absolute atomic E-state index is 12.2. The minimum absolute atomic E-state index is 0.139. The third-order valence-corrected chi connectivity index (χ3v) is 4.79. The largest absolute Gasteiger partial charge is 0.351 e. The van der Waals surface area contributed by atoms with Crippen molar-refractivity contribution in [2.45, 2.75) is 31.7 Å². The molecule has 3 heterocycles. The molecule has 0 radical (unpaired) electrons. The van der Waals surface area contributed by atoms with Crippen molar-refractivity contribution in [1.82, 2.24) is 10.2 Å². The fourth-order valence-electron chi connectivity index (χ4n) is 3.01. The van der Waals surface area contributed by atoms with Gasteiger partial charge in [0.15, 0.2) is 0 Å². The molecule has 2 atom stereocenters. The van der Waals surface area contributed by atoms with E-state index in [0.717, 1.165) is 24.9 Å². The molecule has 0 bridgehead atoms. The van der Waals surface area contributed by atoms with E-state index < -0.39 is 0 Å². The fraction of sp³-hybridized carbons (Fsp3) is 0.571. The zero-order valence-corrected chi connectivity index (χ0v) is 11.6. The van der Waals surface area contributed by atoms with Crippen molar-refractivity contribution in [3.05, 3.63) is 22.4 Å². The number of rotatable bonds is 2. The van der Waals surface area contributed by atoms with Crippen LogP contribution in [0.15, 0.2) is 16.8 Å². The molecule has 4 nitrogen and oxygen atoms in total. The standard InChI is InChI=1S/C14H18N2O2S/c17-13-3-1-2-11-7-16(8-12(11)15-13)14(18)6-10-4-5-19-9-10/h4-5,9,11-12H,1-3,6-8H2,(H,15,17)/t11-,12+/m1/s1. The lowest BCUT2D eigenvalue weighted by atomic mass is 9.99. The number of fused-ring (bicyclic) bond motifs is 1. The highest BCUT2D eigenvalue weighted by Crippen LogP contribution is 2.25. The van der Waals surface area contributed by atoms with Crippen LogP contribution in [-0.2, 0) is 16.0 Å². The molecule has 5 heteroatoms. The Hall–Kier alpha value is -1.36. The second-order valence-corrected chi connectivity index (χ2v) is 6.21. The summed E-state index contributed by atoms with van der Waals surface area (Å²) >= 11 is 1.62. The average molecular weight is 278 g/mol. The van der Waals surface area contributed by atoms with Gasteiger partial charge in [0.2, 0.25) is 11.8 Å². The van der Waals surface area contributed by atoms with E-state index in [1.807, 2.05) is 21.7 Å². The second-order valence-electron chi connectivity index (χ2n) is 5.43. The van der Waals surface area contributed by atoms with Crippen LogP contribution in [-0.4, -0.2) is 35.8 Å². The summed E-state index contributed by atoms with van der Waals surface area (Å²) in [4.78, 5) is 25.7. The molecule has 0 unspecified atom stereocenters. The van der Waals surface area contributed by atoms with E-state index in [0.29, 0.717) is 25.3 Å². The molecule has 2 aliphatic heterocycles. The Kier molecular flexibility index (Phi) is 3.55. The van der Waals surface area contributed by atoms with Crippen LogP contribution in [0.2, 0.25) is 0 Å². The van der Waals surface area contributed by atoms with E-state index in [4.69, 9.17) is 0 Å². The summed E-state index contributed by atoms with van der Waals surface area (Å²) in [6.07, 6.45) is 3.11. The zero-order chi connectivity index (χ0) is 13.2. The minimum atomic E-state index is 0.139. The Bertz CT molecular complexity index is 472. The Morgan fingerprint density at radius 3 is 3.16 bits per heavy atom. The van der Waals surface area contributed by atoms with Gasteiger partial charge >= 0.3 is 0 Å². The summed E-state index contributed by atoms with van der Waals surface area (Å²) in [5.74, 6) is 0.762. The van der Waals surface area contributed by atoms with Gasteiger partial charge in [-0.2, -0.15) is 11.3 Å². The summed E-state index contributed by atoms with van der Waals surface area (Å²) in [6.45, 7) is 1.48. The molecule has 2 saturated heterocycles. The molecule has 2 aliphatic rings. The number of thiophene rings is 1. The second kappa shape index (κ2) is 5.33. The molecule has 102 valence electrons. The highest BCUT2D eigenvalue weighted by molar-refractivity contribution is 7.07. The van der Waals surface area contributed by atoms with Gasteiger partial charge in [0.1, 0.15) is 0 Å². The Labute approximate surface area is 116 Å². The maximum atomic E-state index is 12.2. The first-order chi connectivity index (χ1) is 9.22. The molecule has 1 aromatic rings. The summed E-state index contributed by atoms with van der Waals surface area (Å²) in [7, 11) is 0. The quantitative estimate of drug-likeness (QED) is 0.889. The van der Waals surface area contributed by atoms with Crippen molar-refractivity contribution in [2.75, 3.05) is 13.1 Å². The van der Waals surface area contributed by atoms with Crippen molar-refractivity contribution < 1.29 is 9.59 Å². The number of amides is 2. The molecule has 1 aromatic heterocycles. The van der Waals surface area contributed by atoms with E-state index >= 15 is 0 Å². The smallest absolute Gasteiger partial charge is 0.227 e. The summed E-state index contributed by atoms with van der Waals surface area (Å²) < 4.78 is 0. The molecule has 0 saturated carbocycles. The van der Waals surface area contributed by atoms with Crippen molar-refractivity contribution in [1.29, 1.82) is 0 Å². The number of nitrogens with one attached hydrogen (secondary N) is 1. The normalized spacial score (nSPS) is 26.7. The molecular weight excluding hydrogens is 260 g/mol. The molecule has 1 N–H and O–H groups in total. The van der Waals surface area contributed by atoms with Gasteiger partial charge < -0.3 is 10.2 Å². The van der Waals surface area contributed by atoms with Crippen LogP contribution in [0.3, 0.4) is 0 Å². The van der Waals surface area contributed by atoms with Gasteiger partial charge in [0, 0.05) is 19.5 Å². The van der Waals surface area contributed by atoms with Crippen molar-refractivity contribution >= 4 is 23.2 Å². The highest BCUT2D eigenvalue weighted by Gasteiger charge is 2.37. The van der Waals surface area contributed by atoms with Crippen molar-refractivity contribution in [3.8, 4) is 0 Å². The van der Waals surface area contributed by atoms with Gasteiger partial charge in [-0.05, 0) is 41.1 Å². The van der Waals surface area contributed by atoms with Gasteiger partial charge in [-0.25, -0.2) is 0 Å². The van der Waals surface area contributed by atoms with E-state index in [-0.39, 0.29) is 17.9 Å². The van der Waals surface area contributed by atoms with Crippen LogP contribution < -0.4 is 5.32 Å². The molecule has 3 rings (SSSR count). The molecule has 2 fully saturated rings. The molecule has 0 aliphatic carbocycles. The van der Waals surface area contributed by atoms with Crippen LogP contribution in [0.1, 0.15) is 24.8 Å². The zero-order valence-electron chi connectivity index (χ0n) is 10.8. The van der Waals surface area contributed by atoms with Crippen LogP contribution >= 0.6 is 11.3 Å². The average Bonchev–Trinajstić information content (AvgIpc) is 2.97. The third kappa shape index (κ3) is 2.81. The monoisotopic (exact) mass is 278 g/mol. The number of hydrogen-bond acceptors (Lipinski definition) is 3. The van der Waals surface area contributed by atoms with Crippen LogP contribution in [0.5, 0.6) is 0 Å². The number of carbonyl (C=O) groups excluding carboxylic acids is 2. The van der Waals surface area contributed by atoms with Crippen LogP contribution in [0.4, 0.5) is 0 Å². The Balaban J connectivity index is 1.62. The lowest BCUT2D eigenvalue weighted by Gasteiger charge is -2.16. The van der Waals surface area contributed by atoms with Crippen molar-refractivity contribution in [3.63, 3.8) is 0 Å². The predicted molar refractivity (Wildman–Crippen MR) is 73.9 cm³/mol. The van der Waals surface area contributed by atoms with Gasteiger partial charge in [0.05, 0.1) is 12.5 Å². The van der Waals surface area contributed by atoms with E-state index in [9.17, 15) is 9.59 Å². The first kappa shape index (κ1) is 12.7. The van der Waals surface area contributed by atoms with Gasteiger partial charge in [-0.1, -0.05) is 0 Å². The topological polar surface area (TPSA) is 49.4 Å². The maximum Gasteiger partial charge on any atom is 0.227 e. The van der Waals surface area contributed by atoms with Gasteiger partial charge in [-0.3, -0.25) is 9.59 Å². The minimum Gasteiger partial charge on any atom is -0.351 e. The predicted octanol–water partition coefficient (Wildman–Crippen LogP) is 1.42. The number of carbonyl (C=O) groups is 2. The SMILES string of the molecule is O=C1CCC[C@@H]2CN(C(=O)Cc3ccsc3)C[C@@H]2N1. The lowest BCUT2D eigenvalue weighted by Crippen LogP contribution is -2.39. The van der Waals surface area contributed by atoms with E-state index in [1.165, 1.54) is 0 Å². The highest BCUT2D eigenvalue weighted by atomic mass is 32.1.